The zero-order chi connectivity index (χ0) is 17.0. The number of hydrogen-bond acceptors (Lipinski definition) is 3. The van der Waals surface area contributed by atoms with E-state index in [1.807, 2.05) is 51.1 Å². The minimum atomic E-state index is -3.54. The Morgan fingerprint density at radius 2 is 1.73 bits per heavy atom. The van der Waals surface area contributed by atoms with Crippen LogP contribution in [0.4, 0.5) is 0 Å². The Morgan fingerprint density at radius 1 is 1.18 bits per heavy atom. The predicted octanol–water partition coefficient (Wildman–Crippen LogP) is 1.65. The van der Waals surface area contributed by atoms with Gasteiger partial charge in [0.2, 0.25) is 15.9 Å². The van der Waals surface area contributed by atoms with Crippen molar-refractivity contribution in [2.24, 2.45) is 5.41 Å². The van der Waals surface area contributed by atoms with Gasteiger partial charge in [-0.2, -0.15) is 0 Å². The maximum atomic E-state index is 12.1. The lowest BCUT2D eigenvalue weighted by Gasteiger charge is -2.32. The molecule has 0 heterocycles. The van der Waals surface area contributed by atoms with E-state index >= 15 is 0 Å². The molecule has 0 aliphatic carbocycles. The molecule has 0 fully saturated rings. The van der Waals surface area contributed by atoms with Crippen LogP contribution in [-0.2, 0) is 21.2 Å². The van der Waals surface area contributed by atoms with E-state index in [9.17, 15) is 13.2 Å². The van der Waals surface area contributed by atoms with Gasteiger partial charge in [0.15, 0.2) is 0 Å². The summed E-state index contributed by atoms with van der Waals surface area (Å²) in [6.45, 7) is 6.09. The first-order valence-electron chi connectivity index (χ1n) is 7.26. The molecule has 22 heavy (non-hydrogen) atoms. The number of carbonyl (C=O) groups excluding carboxylic acids is 1. The van der Waals surface area contributed by atoms with Gasteiger partial charge in [0.25, 0.3) is 0 Å². The molecule has 6 heteroatoms. The van der Waals surface area contributed by atoms with E-state index in [2.05, 4.69) is 5.32 Å². The second kappa shape index (κ2) is 7.24. The lowest BCUT2D eigenvalue weighted by atomic mass is 9.83. The van der Waals surface area contributed by atoms with Crippen molar-refractivity contribution in [2.45, 2.75) is 33.2 Å². The number of nitrogens with zero attached hydrogens (tertiary/aromatic N) is 1. The number of carbonyl (C=O) groups is 1. The van der Waals surface area contributed by atoms with Gasteiger partial charge in [-0.25, -0.2) is 12.7 Å². The van der Waals surface area contributed by atoms with Crippen LogP contribution in [0.2, 0.25) is 0 Å². The molecule has 0 radical (unpaired) electrons. The number of benzene rings is 1. The summed E-state index contributed by atoms with van der Waals surface area (Å²) in [5.74, 6) is -0.994. The molecular weight excluding hydrogens is 300 g/mol. The molecule has 0 saturated carbocycles. The van der Waals surface area contributed by atoms with Crippen LogP contribution in [-0.4, -0.2) is 44.5 Å². The molecule has 1 aromatic carbocycles. The van der Waals surface area contributed by atoms with Crippen molar-refractivity contribution in [1.82, 2.24) is 9.62 Å². The molecule has 124 valence electrons. The Hall–Kier alpha value is -1.40. The third-order valence-corrected chi connectivity index (χ3v) is 5.27. The molecule has 0 aromatic heterocycles. The quantitative estimate of drug-likeness (QED) is 0.864. The lowest BCUT2D eigenvalue weighted by molar-refractivity contribution is -0.120. The minimum Gasteiger partial charge on any atom is -0.352 e. The molecule has 5 nitrogen and oxygen atoms in total. The predicted molar refractivity (Wildman–Crippen MR) is 89.0 cm³/mol. The van der Waals surface area contributed by atoms with Gasteiger partial charge < -0.3 is 5.32 Å². The normalized spacial score (nSPS) is 13.9. The summed E-state index contributed by atoms with van der Waals surface area (Å²) in [6, 6.07) is 9.71. The van der Waals surface area contributed by atoms with Crippen molar-refractivity contribution in [3.63, 3.8) is 0 Å². The zero-order valence-electron chi connectivity index (χ0n) is 14.0. The number of amides is 1. The molecule has 1 aromatic rings. The van der Waals surface area contributed by atoms with Crippen LogP contribution < -0.4 is 5.32 Å². The molecule has 0 aliphatic rings. The van der Waals surface area contributed by atoms with Crippen LogP contribution in [0.1, 0.15) is 26.3 Å². The highest BCUT2D eigenvalue weighted by atomic mass is 32.2. The molecule has 0 saturated heterocycles. The van der Waals surface area contributed by atoms with Crippen molar-refractivity contribution in [3.05, 3.63) is 35.9 Å². The van der Waals surface area contributed by atoms with Gasteiger partial charge in [-0.3, -0.25) is 4.79 Å². The Kier molecular flexibility index (Phi) is 6.14. The molecule has 1 rings (SSSR count). The first-order chi connectivity index (χ1) is 10.0. The van der Waals surface area contributed by atoms with Crippen molar-refractivity contribution in [3.8, 4) is 0 Å². The fourth-order valence-corrected chi connectivity index (χ4v) is 2.63. The number of sulfonamides is 1. The summed E-state index contributed by atoms with van der Waals surface area (Å²) in [6.07, 6.45) is 0.665. The number of rotatable bonds is 6. The Labute approximate surface area is 133 Å². The maximum Gasteiger partial charge on any atom is 0.236 e. The van der Waals surface area contributed by atoms with Gasteiger partial charge in [0.1, 0.15) is 5.75 Å². The van der Waals surface area contributed by atoms with Crippen LogP contribution in [0.15, 0.2) is 30.3 Å². The Morgan fingerprint density at radius 3 is 2.18 bits per heavy atom. The summed E-state index contributed by atoms with van der Waals surface area (Å²) in [5, 5.41) is 2.87. The maximum absolute atomic E-state index is 12.1. The van der Waals surface area contributed by atoms with E-state index in [1.165, 1.54) is 14.1 Å². The summed E-state index contributed by atoms with van der Waals surface area (Å²) in [7, 11) is -0.691. The van der Waals surface area contributed by atoms with Gasteiger partial charge in [-0.1, -0.05) is 51.1 Å². The van der Waals surface area contributed by atoms with Gasteiger partial charge in [-0.05, 0) is 17.4 Å². The van der Waals surface area contributed by atoms with Gasteiger partial charge >= 0.3 is 0 Å². The Balaban J connectivity index is 2.81. The van der Waals surface area contributed by atoms with E-state index in [-0.39, 0.29) is 11.5 Å². The van der Waals surface area contributed by atoms with E-state index in [4.69, 9.17) is 0 Å². The minimum absolute atomic E-state index is 0.139. The summed E-state index contributed by atoms with van der Waals surface area (Å²) >= 11 is 0. The molecule has 1 N–H and O–H groups in total. The van der Waals surface area contributed by atoms with Crippen molar-refractivity contribution >= 4 is 15.9 Å². The first-order valence-corrected chi connectivity index (χ1v) is 8.87. The number of nitrogens with one attached hydrogen (secondary N) is 1. The molecule has 1 amide bonds. The van der Waals surface area contributed by atoms with Crippen LogP contribution >= 0.6 is 0 Å². The Bertz CT molecular complexity index is 590. The van der Waals surface area contributed by atoms with Crippen molar-refractivity contribution in [2.75, 3.05) is 19.8 Å². The highest BCUT2D eigenvalue weighted by molar-refractivity contribution is 7.89. The SMILES string of the molecule is CN(C)S(=O)(=O)CC(=O)NC(Cc1ccccc1)C(C)(C)C. The third-order valence-electron chi connectivity index (χ3n) is 3.53. The van der Waals surface area contributed by atoms with Crippen molar-refractivity contribution in [1.29, 1.82) is 0 Å². The molecule has 1 atom stereocenters. The molecule has 0 bridgehead atoms. The van der Waals surface area contributed by atoms with E-state index in [1.54, 1.807) is 0 Å². The smallest absolute Gasteiger partial charge is 0.236 e. The van der Waals surface area contributed by atoms with E-state index in [0.29, 0.717) is 6.42 Å². The second-order valence-electron chi connectivity index (χ2n) is 6.71. The van der Waals surface area contributed by atoms with Crippen LogP contribution in [0.5, 0.6) is 0 Å². The number of hydrogen-bond donors (Lipinski definition) is 1. The highest BCUT2D eigenvalue weighted by Crippen LogP contribution is 2.22. The summed E-state index contributed by atoms with van der Waals surface area (Å²) in [5.41, 5.74) is 0.936. The zero-order valence-corrected chi connectivity index (χ0v) is 14.8. The average Bonchev–Trinajstić information content (AvgIpc) is 2.37. The second-order valence-corrected chi connectivity index (χ2v) is 8.90. The highest BCUT2D eigenvalue weighted by Gasteiger charge is 2.28. The summed E-state index contributed by atoms with van der Waals surface area (Å²) in [4.78, 5) is 12.1. The van der Waals surface area contributed by atoms with Crippen LogP contribution in [0, 0.1) is 5.41 Å². The third kappa shape index (κ3) is 5.77. The monoisotopic (exact) mass is 326 g/mol. The lowest BCUT2D eigenvalue weighted by Crippen LogP contribution is -2.48. The first kappa shape index (κ1) is 18.6. The van der Waals surface area contributed by atoms with Crippen LogP contribution in [0.25, 0.3) is 0 Å². The van der Waals surface area contributed by atoms with E-state index < -0.39 is 21.7 Å². The summed E-state index contributed by atoms with van der Waals surface area (Å²) < 4.78 is 24.7. The molecule has 0 spiro atoms. The van der Waals surface area contributed by atoms with Crippen LogP contribution in [0.3, 0.4) is 0 Å². The largest absolute Gasteiger partial charge is 0.352 e. The average molecular weight is 326 g/mol. The standard InChI is InChI=1S/C16H26N2O3S/c1-16(2,3)14(11-13-9-7-6-8-10-13)17-15(19)12-22(20,21)18(4)5/h6-10,14H,11-12H2,1-5H3,(H,17,19). The van der Waals surface area contributed by atoms with Crippen molar-refractivity contribution < 1.29 is 13.2 Å². The fraction of sp³-hybridized carbons (Fsp3) is 0.562. The fourth-order valence-electron chi connectivity index (χ4n) is 1.95. The van der Waals surface area contributed by atoms with E-state index in [0.717, 1.165) is 9.87 Å². The van der Waals surface area contributed by atoms with Gasteiger partial charge in [0.05, 0.1) is 0 Å². The van der Waals surface area contributed by atoms with Gasteiger partial charge in [-0.15, -0.1) is 0 Å². The molecular formula is C16H26N2O3S. The topological polar surface area (TPSA) is 66.5 Å². The van der Waals surface area contributed by atoms with Gasteiger partial charge in [0, 0.05) is 20.1 Å². The molecule has 1 unspecified atom stereocenters. The molecule has 0 aliphatic heterocycles.